The van der Waals surface area contributed by atoms with E-state index in [1.54, 1.807) is 13.8 Å². The summed E-state index contributed by atoms with van der Waals surface area (Å²) in [6, 6.07) is -1.05. The van der Waals surface area contributed by atoms with Gasteiger partial charge in [0.05, 0.1) is 0 Å². The number of carboxylic acids is 1. The van der Waals surface area contributed by atoms with Crippen molar-refractivity contribution in [3.63, 3.8) is 0 Å². The van der Waals surface area contributed by atoms with Crippen molar-refractivity contribution in [2.24, 2.45) is 0 Å². The van der Waals surface area contributed by atoms with E-state index in [2.05, 4.69) is 4.72 Å². The van der Waals surface area contributed by atoms with Crippen molar-refractivity contribution in [1.82, 2.24) is 9.03 Å². The van der Waals surface area contributed by atoms with E-state index < -0.39 is 22.2 Å². The van der Waals surface area contributed by atoms with Crippen molar-refractivity contribution < 1.29 is 18.3 Å². The summed E-state index contributed by atoms with van der Waals surface area (Å²) in [6.07, 6.45) is 0.890. The van der Waals surface area contributed by atoms with Crippen LogP contribution in [0.2, 0.25) is 0 Å². The number of nitrogens with one attached hydrogen (secondary N) is 1. The lowest BCUT2D eigenvalue weighted by Crippen LogP contribution is -2.46. The zero-order valence-corrected chi connectivity index (χ0v) is 10.0. The number of rotatable bonds is 7. The number of aliphatic carboxylic acids is 1. The Morgan fingerprint density at radius 3 is 2.33 bits per heavy atom. The van der Waals surface area contributed by atoms with Crippen molar-refractivity contribution in [2.75, 3.05) is 13.6 Å². The van der Waals surface area contributed by atoms with Crippen molar-refractivity contribution in [3.05, 3.63) is 0 Å². The summed E-state index contributed by atoms with van der Waals surface area (Å²) in [4.78, 5) is 10.7. The molecule has 2 N–H and O–H groups in total. The summed E-state index contributed by atoms with van der Waals surface area (Å²) in [5, 5.41) is 8.78. The molecule has 0 saturated heterocycles. The predicted molar refractivity (Wildman–Crippen MR) is 56.7 cm³/mol. The molecule has 0 aliphatic heterocycles. The minimum absolute atomic E-state index is 0.284. The van der Waals surface area contributed by atoms with Gasteiger partial charge < -0.3 is 5.11 Å². The van der Waals surface area contributed by atoms with Gasteiger partial charge in [-0.05, 0) is 6.42 Å². The van der Waals surface area contributed by atoms with E-state index in [0.717, 1.165) is 4.31 Å². The molecule has 1 atom stereocenters. The van der Waals surface area contributed by atoms with Crippen LogP contribution in [0.15, 0.2) is 0 Å². The molecule has 0 radical (unpaired) electrons. The summed E-state index contributed by atoms with van der Waals surface area (Å²) in [7, 11) is -2.28. The Balaban J connectivity index is 4.59. The molecule has 0 aromatic rings. The first-order valence-corrected chi connectivity index (χ1v) is 6.25. The van der Waals surface area contributed by atoms with Crippen molar-refractivity contribution in [2.45, 2.75) is 32.7 Å². The number of carboxylic acid groups (broad SMARTS) is 1. The van der Waals surface area contributed by atoms with Gasteiger partial charge in [-0.3, -0.25) is 4.79 Å². The highest BCUT2D eigenvalue weighted by atomic mass is 32.2. The molecule has 90 valence electrons. The van der Waals surface area contributed by atoms with E-state index in [-0.39, 0.29) is 6.42 Å². The van der Waals surface area contributed by atoms with Crippen molar-refractivity contribution in [3.8, 4) is 0 Å². The second-order valence-corrected chi connectivity index (χ2v) is 5.03. The Morgan fingerprint density at radius 1 is 1.47 bits per heavy atom. The largest absolute Gasteiger partial charge is 0.480 e. The van der Waals surface area contributed by atoms with Crippen molar-refractivity contribution >= 4 is 16.2 Å². The molecule has 0 aromatic heterocycles. The lowest BCUT2D eigenvalue weighted by atomic mass is 10.2. The summed E-state index contributed by atoms with van der Waals surface area (Å²) in [5.74, 6) is -1.15. The third-order valence-electron chi connectivity index (χ3n) is 2.02. The average molecular weight is 238 g/mol. The van der Waals surface area contributed by atoms with Crippen LogP contribution in [0.4, 0.5) is 0 Å². The van der Waals surface area contributed by atoms with Crippen LogP contribution in [0.5, 0.6) is 0 Å². The minimum atomic E-state index is -3.67. The van der Waals surface area contributed by atoms with Crippen LogP contribution in [0.1, 0.15) is 26.7 Å². The lowest BCUT2D eigenvalue weighted by Gasteiger charge is -2.19. The molecule has 6 nitrogen and oxygen atoms in total. The topological polar surface area (TPSA) is 86.7 Å². The Kier molecular flexibility index (Phi) is 5.77. The van der Waals surface area contributed by atoms with E-state index in [0.29, 0.717) is 13.0 Å². The first-order valence-electron chi connectivity index (χ1n) is 4.81. The number of nitrogens with zero attached hydrogens (tertiary/aromatic N) is 1. The molecule has 0 spiro atoms. The van der Waals surface area contributed by atoms with Crippen molar-refractivity contribution in [1.29, 1.82) is 0 Å². The molecule has 1 unspecified atom stereocenters. The Bertz CT molecular complexity index is 302. The highest BCUT2D eigenvalue weighted by molar-refractivity contribution is 7.87. The molecule has 0 aliphatic rings. The average Bonchev–Trinajstić information content (AvgIpc) is 2.15. The molecule has 0 fully saturated rings. The van der Waals surface area contributed by atoms with Gasteiger partial charge in [-0.25, -0.2) is 0 Å². The van der Waals surface area contributed by atoms with Gasteiger partial charge in [-0.1, -0.05) is 20.3 Å². The molecular formula is C8H18N2O4S. The normalized spacial score (nSPS) is 14.1. The maximum absolute atomic E-state index is 11.5. The molecule has 0 aromatic carbocycles. The molecular weight excluding hydrogens is 220 g/mol. The van der Waals surface area contributed by atoms with Crippen LogP contribution >= 0.6 is 0 Å². The smallest absolute Gasteiger partial charge is 0.321 e. The first-order chi connectivity index (χ1) is 6.85. The van der Waals surface area contributed by atoms with E-state index in [4.69, 9.17) is 5.11 Å². The highest BCUT2D eigenvalue weighted by Gasteiger charge is 2.25. The molecule has 0 saturated carbocycles. The predicted octanol–water partition coefficient (Wildman–Crippen LogP) is 0.0258. The fourth-order valence-corrected chi connectivity index (χ4v) is 2.06. The molecule has 15 heavy (non-hydrogen) atoms. The van der Waals surface area contributed by atoms with E-state index in [1.165, 1.54) is 7.05 Å². The van der Waals surface area contributed by atoms with Crippen LogP contribution in [0.25, 0.3) is 0 Å². The van der Waals surface area contributed by atoms with Gasteiger partial charge in [0.25, 0.3) is 10.2 Å². The zero-order valence-electron chi connectivity index (χ0n) is 9.23. The quantitative estimate of drug-likeness (QED) is 0.655. The Hall–Kier alpha value is -0.660. The van der Waals surface area contributed by atoms with Gasteiger partial charge in [0.15, 0.2) is 0 Å². The van der Waals surface area contributed by atoms with Crippen LogP contribution in [0.3, 0.4) is 0 Å². The molecule has 0 amide bonds. The van der Waals surface area contributed by atoms with Gasteiger partial charge >= 0.3 is 5.97 Å². The molecule has 0 heterocycles. The molecule has 7 heteroatoms. The zero-order chi connectivity index (χ0) is 12.1. The van der Waals surface area contributed by atoms with E-state index in [1.807, 2.05) is 0 Å². The summed E-state index contributed by atoms with van der Waals surface area (Å²) < 4.78 is 26.2. The van der Waals surface area contributed by atoms with Crippen LogP contribution in [-0.2, 0) is 15.0 Å². The summed E-state index contributed by atoms with van der Waals surface area (Å²) >= 11 is 0. The van der Waals surface area contributed by atoms with Gasteiger partial charge in [-0.15, -0.1) is 0 Å². The number of hydrogen-bond acceptors (Lipinski definition) is 3. The third kappa shape index (κ3) is 4.59. The standard InChI is InChI=1S/C8H18N2O4S/c1-4-6-7(8(11)12)9-15(13,14)10(3)5-2/h7,9H,4-6H2,1-3H3,(H,11,12). The second-order valence-electron chi connectivity index (χ2n) is 3.22. The lowest BCUT2D eigenvalue weighted by molar-refractivity contribution is -0.139. The SMILES string of the molecule is CCCC(NS(=O)(=O)N(C)CC)C(=O)O. The van der Waals surface area contributed by atoms with Crippen LogP contribution in [-0.4, -0.2) is 43.4 Å². The Morgan fingerprint density at radius 2 is 2.00 bits per heavy atom. The van der Waals surface area contributed by atoms with Gasteiger partial charge in [-0.2, -0.15) is 17.4 Å². The first kappa shape index (κ1) is 14.3. The number of hydrogen-bond donors (Lipinski definition) is 2. The van der Waals surface area contributed by atoms with E-state index in [9.17, 15) is 13.2 Å². The minimum Gasteiger partial charge on any atom is -0.480 e. The van der Waals surface area contributed by atoms with Crippen LogP contribution in [0, 0.1) is 0 Å². The molecule has 0 aliphatic carbocycles. The monoisotopic (exact) mass is 238 g/mol. The fraction of sp³-hybridized carbons (Fsp3) is 0.875. The summed E-state index contributed by atoms with van der Waals surface area (Å²) in [5.41, 5.74) is 0. The maximum atomic E-state index is 11.5. The fourth-order valence-electron chi connectivity index (χ4n) is 0.961. The highest BCUT2D eigenvalue weighted by Crippen LogP contribution is 2.01. The second kappa shape index (κ2) is 6.04. The Labute approximate surface area is 90.5 Å². The van der Waals surface area contributed by atoms with E-state index >= 15 is 0 Å². The number of carbonyl (C=O) groups is 1. The van der Waals surface area contributed by atoms with Gasteiger partial charge in [0, 0.05) is 13.6 Å². The molecule has 0 rings (SSSR count). The maximum Gasteiger partial charge on any atom is 0.321 e. The molecule has 0 bridgehead atoms. The summed E-state index contributed by atoms with van der Waals surface area (Å²) in [6.45, 7) is 3.77. The van der Waals surface area contributed by atoms with Crippen LogP contribution < -0.4 is 4.72 Å². The van der Waals surface area contributed by atoms with Gasteiger partial charge in [0.1, 0.15) is 6.04 Å². The third-order valence-corrected chi connectivity index (χ3v) is 3.68. The van der Waals surface area contributed by atoms with Gasteiger partial charge in [0.2, 0.25) is 0 Å².